The largest absolute Gasteiger partial charge is 0.319 e. The van der Waals surface area contributed by atoms with Gasteiger partial charge in [0.05, 0.1) is 10.7 Å². The number of carbonyl (C=O) groups is 1. The molecule has 0 unspecified atom stereocenters. The molecule has 6 heteroatoms. The van der Waals surface area contributed by atoms with Crippen LogP contribution in [0.4, 0.5) is 5.69 Å². The topological polar surface area (TPSA) is 46.4 Å². The Balaban J connectivity index is 1.87. The summed E-state index contributed by atoms with van der Waals surface area (Å²) < 4.78 is 1.81. The summed E-state index contributed by atoms with van der Waals surface area (Å²) >= 11 is 7.46. The van der Waals surface area contributed by atoms with Crippen LogP contribution in [0.1, 0.15) is 10.5 Å². The molecule has 90 valence electrons. The number of nitrogens with one attached hydrogen (secondary N) is 1. The SMILES string of the molecule is O=C(Nc1ccccc1Cl)c1cn2ccsc2n1. The number of amides is 1. The fraction of sp³-hybridized carbons (Fsp3) is 0. The highest BCUT2D eigenvalue weighted by atomic mass is 35.5. The van der Waals surface area contributed by atoms with Gasteiger partial charge in [-0.1, -0.05) is 23.7 Å². The minimum Gasteiger partial charge on any atom is -0.319 e. The van der Waals surface area contributed by atoms with E-state index in [0.717, 1.165) is 4.96 Å². The minimum absolute atomic E-state index is 0.265. The third kappa shape index (κ3) is 1.98. The van der Waals surface area contributed by atoms with E-state index in [4.69, 9.17) is 11.6 Å². The first-order chi connectivity index (χ1) is 8.74. The van der Waals surface area contributed by atoms with Gasteiger partial charge >= 0.3 is 0 Å². The maximum Gasteiger partial charge on any atom is 0.275 e. The molecule has 0 aliphatic heterocycles. The smallest absolute Gasteiger partial charge is 0.275 e. The van der Waals surface area contributed by atoms with E-state index in [2.05, 4.69) is 10.3 Å². The fourth-order valence-corrected chi connectivity index (χ4v) is 2.47. The van der Waals surface area contributed by atoms with E-state index >= 15 is 0 Å². The number of thiazole rings is 1. The number of hydrogen-bond donors (Lipinski definition) is 1. The number of benzene rings is 1. The van der Waals surface area contributed by atoms with Gasteiger partial charge in [0.2, 0.25) is 0 Å². The standard InChI is InChI=1S/C12H8ClN3OS/c13-8-3-1-2-4-9(8)14-11(17)10-7-16-5-6-18-12(16)15-10/h1-7H,(H,14,17). The van der Waals surface area contributed by atoms with Gasteiger partial charge in [-0.05, 0) is 12.1 Å². The Morgan fingerprint density at radius 2 is 2.22 bits per heavy atom. The average molecular weight is 278 g/mol. The van der Waals surface area contributed by atoms with Crippen LogP contribution in [-0.4, -0.2) is 15.3 Å². The molecule has 1 N–H and O–H groups in total. The van der Waals surface area contributed by atoms with Gasteiger partial charge in [-0.2, -0.15) is 0 Å². The van der Waals surface area contributed by atoms with Crippen molar-refractivity contribution < 1.29 is 4.79 Å². The van der Waals surface area contributed by atoms with Gasteiger partial charge in [-0.3, -0.25) is 9.20 Å². The lowest BCUT2D eigenvalue weighted by Gasteiger charge is -2.04. The first kappa shape index (κ1) is 11.3. The van der Waals surface area contributed by atoms with Gasteiger partial charge in [0.15, 0.2) is 4.96 Å². The molecule has 0 saturated heterocycles. The molecule has 3 rings (SSSR count). The molecule has 18 heavy (non-hydrogen) atoms. The van der Waals surface area contributed by atoms with Crippen LogP contribution < -0.4 is 5.32 Å². The number of fused-ring (bicyclic) bond motifs is 1. The second-order valence-electron chi connectivity index (χ2n) is 3.65. The number of halogens is 1. The molecule has 1 amide bonds. The summed E-state index contributed by atoms with van der Waals surface area (Å²) in [6.45, 7) is 0. The van der Waals surface area contributed by atoms with Crippen LogP contribution in [0, 0.1) is 0 Å². The summed E-state index contributed by atoms with van der Waals surface area (Å²) in [4.78, 5) is 17.0. The lowest BCUT2D eigenvalue weighted by molar-refractivity contribution is 0.102. The van der Waals surface area contributed by atoms with Gasteiger partial charge in [-0.15, -0.1) is 11.3 Å². The lowest BCUT2D eigenvalue weighted by atomic mass is 10.3. The van der Waals surface area contributed by atoms with Crippen molar-refractivity contribution in [1.29, 1.82) is 0 Å². The Hall–Kier alpha value is -1.85. The van der Waals surface area contributed by atoms with Gasteiger partial charge in [0.25, 0.3) is 5.91 Å². The number of imidazole rings is 1. The molecule has 0 fully saturated rings. The molecule has 0 bridgehead atoms. The van der Waals surface area contributed by atoms with Crippen LogP contribution >= 0.6 is 22.9 Å². The van der Waals surface area contributed by atoms with Gasteiger partial charge in [0.1, 0.15) is 5.69 Å². The second-order valence-corrected chi connectivity index (χ2v) is 4.93. The van der Waals surface area contributed by atoms with Crippen molar-refractivity contribution in [1.82, 2.24) is 9.38 Å². The van der Waals surface area contributed by atoms with E-state index in [0.29, 0.717) is 16.4 Å². The molecule has 0 saturated carbocycles. The predicted octanol–water partition coefficient (Wildman–Crippen LogP) is 3.30. The molecule has 0 radical (unpaired) electrons. The quantitative estimate of drug-likeness (QED) is 0.781. The Morgan fingerprint density at radius 1 is 1.39 bits per heavy atom. The molecular weight excluding hydrogens is 270 g/mol. The number of nitrogens with zero attached hydrogens (tertiary/aromatic N) is 2. The highest BCUT2D eigenvalue weighted by molar-refractivity contribution is 7.15. The number of hydrogen-bond acceptors (Lipinski definition) is 3. The van der Waals surface area contributed by atoms with Crippen LogP contribution in [0.3, 0.4) is 0 Å². The third-order valence-electron chi connectivity index (χ3n) is 2.45. The molecule has 0 aliphatic rings. The molecule has 2 heterocycles. The zero-order valence-corrected chi connectivity index (χ0v) is 10.7. The molecule has 0 aliphatic carbocycles. The number of para-hydroxylation sites is 1. The van der Waals surface area contributed by atoms with E-state index < -0.39 is 0 Å². The molecule has 0 spiro atoms. The highest BCUT2D eigenvalue weighted by Crippen LogP contribution is 2.21. The summed E-state index contributed by atoms with van der Waals surface area (Å²) in [6.07, 6.45) is 3.55. The van der Waals surface area contributed by atoms with Crippen molar-refractivity contribution in [2.75, 3.05) is 5.32 Å². The van der Waals surface area contributed by atoms with E-state index in [1.54, 1.807) is 18.3 Å². The van der Waals surface area contributed by atoms with Crippen LogP contribution in [0.5, 0.6) is 0 Å². The first-order valence-electron chi connectivity index (χ1n) is 5.22. The summed E-state index contributed by atoms with van der Waals surface area (Å²) in [5.74, 6) is -0.265. The normalized spacial score (nSPS) is 10.7. The third-order valence-corrected chi connectivity index (χ3v) is 3.55. The van der Waals surface area contributed by atoms with Crippen molar-refractivity contribution in [3.63, 3.8) is 0 Å². The van der Waals surface area contributed by atoms with Crippen molar-refractivity contribution in [2.45, 2.75) is 0 Å². The zero-order chi connectivity index (χ0) is 12.5. The Labute approximate surface area is 112 Å². The monoisotopic (exact) mass is 277 g/mol. The molecule has 3 aromatic rings. The molecule has 2 aromatic heterocycles. The van der Waals surface area contributed by atoms with E-state index in [9.17, 15) is 4.79 Å². The maximum absolute atomic E-state index is 12.0. The number of rotatable bonds is 2. The van der Waals surface area contributed by atoms with Crippen molar-refractivity contribution >= 4 is 39.5 Å². The predicted molar refractivity (Wildman–Crippen MR) is 72.5 cm³/mol. The van der Waals surface area contributed by atoms with Crippen LogP contribution in [0.25, 0.3) is 4.96 Å². The Bertz CT molecular complexity index is 690. The average Bonchev–Trinajstić information content (AvgIpc) is 2.92. The molecular formula is C12H8ClN3OS. The van der Waals surface area contributed by atoms with E-state index in [1.165, 1.54) is 11.3 Å². The maximum atomic E-state index is 12.0. The van der Waals surface area contributed by atoms with Crippen molar-refractivity contribution in [2.24, 2.45) is 0 Å². The minimum atomic E-state index is -0.265. The van der Waals surface area contributed by atoms with Gasteiger partial charge < -0.3 is 5.32 Å². The van der Waals surface area contributed by atoms with Gasteiger partial charge in [0, 0.05) is 17.8 Å². The fourth-order valence-electron chi connectivity index (χ4n) is 1.59. The molecule has 0 atom stereocenters. The molecule has 4 nitrogen and oxygen atoms in total. The van der Waals surface area contributed by atoms with Crippen LogP contribution in [0.15, 0.2) is 42.0 Å². The van der Waals surface area contributed by atoms with Crippen molar-refractivity contribution in [3.05, 3.63) is 52.8 Å². The van der Waals surface area contributed by atoms with Gasteiger partial charge in [-0.25, -0.2) is 4.98 Å². The Morgan fingerprint density at radius 3 is 3.00 bits per heavy atom. The first-order valence-corrected chi connectivity index (χ1v) is 6.48. The van der Waals surface area contributed by atoms with Crippen LogP contribution in [-0.2, 0) is 0 Å². The number of anilines is 1. The number of aromatic nitrogens is 2. The summed E-state index contributed by atoms with van der Waals surface area (Å²) in [5.41, 5.74) is 0.960. The van der Waals surface area contributed by atoms with Crippen LogP contribution in [0.2, 0.25) is 5.02 Å². The zero-order valence-electron chi connectivity index (χ0n) is 9.13. The summed E-state index contributed by atoms with van der Waals surface area (Å²) in [6, 6.07) is 7.10. The van der Waals surface area contributed by atoms with E-state index in [-0.39, 0.29) is 5.91 Å². The number of carbonyl (C=O) groups excluding carboxylic acids is 1. The molecule has 1 aromatic carbocycles. The lowest BCUT2D eigenvalue weighted by Crippen LogP contribution is -2.12. The second kappa shape index (κ2) is 4.44. The summed E-state index contributed by atoms with van der Waals surface area (Å²) in [5, 5.41) is 5.16. The highest BCUT2D eigenvalue weighted by Gasteiger charge is 2.12. The van der Waals surface area contributed by atoms with E-state index in [1.807, 2.05) is 28.1 Å². The summed E-state index contributed by atoms with van der Waals surface area (Å²) in [7, 11) is 0. The van der Waals surface area contributed by atoms with Crippen molar-refractivity contribution in [3.8, 4) is 0 Å². The Kier molecular flexibility index (Phi) is 2.77.